The van der Waals surface area contributed by atoms with Gasteiger partial charge in [-0.25, -0.2) is 4.98 Å². The molecule has 15 heavy (non-hydrogen) atoms. The summed E-state index contributed by atoms with van der Waals surface area (Å²) in [6.07, 6.45) is 0. The Morgan fingerprint density at radius 1 is 1.27 bits per heavy atom. The number of hydrogen-bond acceptors (Lipinski definition) is 3. The maximum Gasteiger partial charge on any atom is 0.269 e. The maximum absolute atomic E-state index is 11.2. The Balaban J connectivity index is 0.000000921. The Hall–Kier alpha value is -1.58. The molecule has 0 aromatic carbocycles. The summed E-state index contributed by atoms with van der Waals surface area (Å²) in [4.78, 5) is 15.3. The minimum atomic E-state index is -0.170. The molecule has 0 spiro atoms. The molecule has 0 aliphatic heterocycles. The third kappa shape index (κ3) is 3.58. The van der Waals surface area contributed by atoms with Crippen LogP contribution in [0, 0.1) is 6.92 Å². The molecule has 0 saturated carbocycles. The fraction of sp³-hybridized carbons (Fsp3) is 0.455. The highest BCUT2D eigenvalue weighted by molar-refractivity contribution is 5.92. The number of amides is 1. The van der Waals surface area contributed by atoms with Crippen LogP contribution in [0.4, 0.5) is 5.82 Å². The van der Waals surface area contributed by atoms with Gasteiger partial charge in [0.1, 0.15) is 11.5 Å². The van der Waals surface area contributed by atoms with Gasteiger partial charge in [0.25, 0.3) is 5.91 Å². The molecule has 0 fully saturated rings. The van der Waals surface area contributed by atoms with E-state index in [0.29, 0.717) is 5.69 Å². The highest BCUT2D eigenvalue weighted by atomic mass is 16.1. The molecule has 1 aromatic rings. The van der Waals surface area contributed by atoms with E-state index in [0.717, 1.165) is 11.4 Å². The van der Waals surface area contributed by atoms with Crippen molar-refractivity contribution >= 4 is 11.7 Å². The first-order valence-electron chi connectivity index (χ1n) is 5.06. The van der Waals surface area contributed by atoms with Crippen molar-refractivity contribution in [3.63, 3.8) is 0 Å². The zero-order valence-electron chi connectivity index (χ0n) is 10.0. The molecule has 1 amide bonds. The van der Waals surface area contributed by atoms with Gasteiger partial charge in [0, 0.05) is 14.1 Å². The van der Waals surface area contributed by atoms with Crippen molar-refractivity contribution in [2.24, 2.45) is 0 Å². The van der Waals surface area contributed by atoms with Crippen molar-refractivity contribution in [3.8, 4) is 0 Å². The maximum atomic E-state index is 11.2. The normalized spacial score (nSPS) is 8.60. The van der Waals surface area contributed by atoms with Crippen molar-refractivity contribution in [3.05, 3.63) is 23.4 Å². The Morgan fingerprint density at radius 3 is 2.33 bits per heavy atom. The quantitative estimate of drug-likeness (QED) is 0.781. The second kappa shape index (κ2) is 6.81. The van der Waals surface area contributed by atoms with Crippen molar-refractivity contribution in [2.75, 3.05) is 19.4 Å². The molecule has 0 bridgehead atoms. The number of anilines is 1. The second-order valence-electron chi connectivity index (χ2n) is 2.69. The van der Waals surface area contributed by atoms with Crippen LogP contribution in [0.15, 0.2) is 12.1 Å². The molecule has 0 atom stereocenters. The number of aromatic nitrogens is 1. The van der Waals surface area contributed by atoms with Crippen LogP contribution in [0.3, 0.4) is 0 Å². The summed E-state index contributed by atoms with van der Waals surface area (Å²) in [5.74, 6) is 0.567. The first-order chi connectivity index (χ1) is 7.19. The zero-order valence-corrected chi connectivity index (χ0v) is 10.0. The molecule has 1 aromatic heterocycles. The predicted octanol–water partition coefficient (Wildman–Crippen LogP) is 1.82. The van der Waals surface area contributed by atoms with E-state index in [9.17, 15) is 4.79 Å². The third-order valence-electron chi connectivity index (χ3n) is 1.79. The van der Waals surface area contributed by atoms with Gasteiger partial charge in [-0.05, 0) is 18.6 Å². The summed E-state index contributed by atoms with van der Waals surface area (Å²) in [7, 11) is 3.37. The molecule has 1 rings (SSSR count). The standard InChI is InChI=1S/C9H13N3O.C2H6/c1-6-4-5-7(9(13)11-3)12-8(6)10-2;1-2/h4-5H,1-3H3,(H,10,12)(H,11,13);1-2H3. The summed E-state index contributed by atoms with van der Waals surface area (Å²) >= 11 is 0. The molecule has 0 radical (unpaired) electrons. The minimum Gasteiger partial charge on any atom is -0.373 e. The van der Waals surface area contributed by atoms with Gasteiger partial charge >= 0.3 is 0 Å². The summed E-state index contributed by atoms with van der Waals surface area (Å²) in [6.45, 7) is 5.94. The Bertz CT molecular complexity index is 324. The average Bonchev–Trinajstić information content (AvgIpc) is 2.31. The van der Waals surface area contributed by atoms with Crippen LogP contribution >= 0.6 is 0 Å². The summed E-state index contributed by atoms with van der Waals surface area (Å²) in [6, 6.07) is 3.57. The van der Waals surface area contributed by atoms with Gasteiger partial charge in [0.05, 0.1) is 0 Å². The molecule has 4 nitrogen and oxygen atoms in total. The molecule has 4 heteroatoms. The van der Waals surface area contributed by atoms with E-state index in [2.05, 4.69) is 15.6 Å². The van der Waals surface area contributed by atoms with Crippen molar-refractivity contribution in [1.82, 2.24) is 10.3 Å². The molecule has 0 unspecified atom stereocenters. The van der Waals surface area contributed by atoms with Gasteiger partial charge in [-0.15, -0.1) is 0 Å². The fourth-order valence-corrected chi connectivity index (χ4v) is 1.04. The molecule has 84 valence electrons. The lowest BCUT2D eigenvalue weighted by molar-refractivity contribution is 0.0958. The van der Waals surface area contributed by atoms with Gasteiger partial charge < -0.3 is 10.6 Å². The first-order valence-corrected chi connectivity index (χ1v) is 5.06. The van der Waals surface area contributed by atoms with Crippen molar-refractivity contribution < 1.29 is 4.79 Å². The van der Waals surface area contributed by atoms with Gasteiger partial charge in [0.2, 0.25) is 0 Å². The van der Waals surface area contributed by atoms with E-state index < -0.39 is 0 Å². The van der Waals surface area contributed by atoms with E-state index in [-0.39, 0.29) is 5.91 Å². The van der Waals surface area contributed by atoms with Crippen LogP contribution in [-0.4, -0.2) is 25.0 Å². The first kappa shape index (κ1) is 13.4. The number of rotatable bonds is 2. The number of pyridine rings is 1. The lowest BCUT2D eigenvalue weighted by Crippen LogP contribution is -2.19. The number of nitrogens with one attached hydrogen (secondary N) is 2. The molecule has 1 heterocycles. The van der Waals surface area contributed by atoms with Crippen LogP contribution < -0.4 is 10.6 Å². The van der Waals surface area contributed by atoms with Crippen LogP contribution in [0.5, 0.6) is 0 Å². The molecule has 0 aliphatic rings. The second-order valence-corrected chi connectivity index (χ2v) is 2.69. The lowest BCUT2D eigenvalue weighted by Gasteiger charge is -2.05. The van der Waals surface area contributed by atoms with Crippen molar-refractivity contribution in [2.45, 2.75) is 20.8 Å². The number of nitrogens with zero attached hydrogens (tertiary/aromatic N) is 1. The average molecular weight is 209 g/mol. The monoisotopic (exact) mass is 209 g/mol. The molecule has 0 saturated heterocycles. The molecule has 2 N–H and O–H groups in total. The van der Waals surface area contributed by atoms with Crippen LogP contribution in [0.25, 0.3) is 0 Å². The lowest BCUT2D eigenvalue weighted by atomic mass is 10.2. The van der Waals surface area contributed by atoms with Gasteiger partial charge in [-0.2, -0.15) is 0 Å². The Morgan fingerprint density at radius 2 is 1.87 bits per heavy atom. The van der Waals surface area contributed by atoms with E-state index in [1.165, 1.54) is 0 Å². The third-order valence-corrected chi connectivity index (χ3v) is 1.79. The van der Waals surface area contributed by atoms with E-state index in [1.807, 2.05) is 26.8 Å². The largest absolute Gasteiger partial charge is 0.373 e. The minimum absolute atomic E-state index is 0.170. The number of aryl methyl sites for hydroxylation is 1. The summed E-state index contributed by atoms with van der Waals surface area (Å²) in [5.41, 5.74) is 1.45. The fourth-order valence-electron chi connectivity index (χ4n) is 1.04. The highest BCUT2D eigenvalue weighted by Crippen LogP contribution is 2.10. The van der Waals surface area contributed by atoms with Crippen LogP contribution in [0.1, 0.15) is 29.9 Å². The predicted molar refractivity (Wildman–Crippen MR) is 63.3 cm³/mol. The van der Waals surface area contributed by atoms with Gasteiger partial charge in [-0.1, -0.05) is 19.9 Å². The smallest absolute Gasteiger partial charge is 0.269 e. The molecule has 0 aliphatic carbocycles. The van der Waals surface area contributed by atoms with E-state index in [1.54, 1.807) is 20.2 Å². The molecular formula is C11H19N3O. The highest BCUT2D eigenvalue weighted by Gasteiger charge is 2.06. The number of carbonyl (C=O) groups is 1. The number of carbonyl (C=O) groups excluding carboxylic acids is 1. The topological polar surface area (TPSA) is 54.0 Å². The Kier molecular flexibility index (Phi) is 6.09. The Labute approximate surface area is 91.1 Å². The van der Waals surface area contributed by atoms with Crippen LogP contribution in [0.2, 0.25) is 0 Å². The van der Waals surface area contributed by atoms with Gasteiger partial charge in [-0.3, -0.25) is 4.79 Å². The number of hydrogen-bond donors (Lipinski definition) is 2. The summed E-state index contributed by atoms with van der Waals surface area (Å²) in [5, 5.41) is 5.45. The SMILES string of the molecule is CC.CNC(=O)c1ccc(C)c(NC)n1. The van der Waals surface area contributed by atoms with Crippen molar-refractivity contribution in [1.29, 1.82) is 0 Å². The molecular weight excluding hydrogens is 190 g/mol. The van der Waals surface area contributed by atoms with Gasteiger partial charge in [0.15, 0.2) is 0 Å². The van der Waals surface area contributed by atoms with E-state index >= 15 is 0 Å². The van der Waals surface area contributed by atoms with Crippen LogP contribution in [-0.2, 0) is 0 Å². The zero-order chi connectivity index (χ0) is 11.8. The summed E-state index contributed by atoms with van der Waals surface area (Å²) < 4.78 is 0. The van der Waals surface area contributed by atoms with E-state index in [4.69, 9.17) is 0 Å².